The summed E-state index contributed by atoms with van der Waals surface area (Å²) in [5.74, 6) is -0.461. The first-order valence-electron chi connectivity index (χ1n) is 6.46. The molecule has 4 heteroatoms. The standard InChI is InChI=1S/C15H21FO3/c1-10-7-8-12(13(9-10)15(18)19-3)14(17)6-4-5-11(2)16/h7-9,11,14,17H,4-6H2,1-3H3. The number of alkyl halides is 1. The van der Waals surface area contributed by atoms with Gasteiger partial charge in [-0.3, -0.25) is 0 Å². The fraction of sp³-hybridized carbons (Fsp3) is 0.533. The second kappa shape index (κ2) is 7.24. The third kappa shape index (κ3) is 4.63. The Kier molecular flexibility index (Phi) is 5.96. The summed E-state index contributed by atoms with van der Waals surface area (Å²) in [4.78, 5) is 11.7. The van der Waals surface area contributed by atoms with Crippen LogP contribution in [0.3, 0.4) is 0 Å². The lowest BCUT2D eigenvalue weighted by molar-refractivity contribution is 0.0591. The minimum atomic E-state index is -0.870. The maximum Gasteiger partial charge on any atom is 0.338 e. The van der Waals surface area contributed by atoms with Crippen LogP contribution in [0.5, 0.6) is 0 Å². The minimum Gasteiger partial charge on any atom is -0.465 e. The molecule has 2 atom stereocenters. The fourth-order valence-electron chi connectivity index (χ4n) is 2.00. The number of aliphatic hydroxyl groups excluding tert-OH is 1. The van der Waals surface area contributed by atoms with Crippen molar-refractivity contribution in [1.29, 1.82) is 0 Å². The second-order valence-corrected chi connectivity index (χ2v) is 4.81. The van der Waals surface area contributed by atoms with Crippen molar-refractivity contribution in [3.8, 4) is 0 Å². The van der Waals surface area contributed by atoms with Gasteiger partial charge in [0.25, 0.3) is 0 Å². The number of carbonyl (C=O) groups is 1. The first kappa shape index (κ1) is 15.6. The number of aryl methyl sites for hydroxylation is 1. The number of halogens is 1. The van der Waals surface area contributed by atoms with Gasteiger partial charge < -0.3 is 9.84 Å². The smallest absolute Gasteiger partial charge is 0.338 e. The number of benzene rings is 1. The van der Waals surface area contributed by atoms with Crippen molar-refractivity contribution >= 4 is 5.97 Å². The highest BCUT2D eigenvalue weighted by Gasteiger charge is 2.18. The number of carbonyl (C=O) groups excluding carboxylic acids is 1. The molecular weight excluding hydrogens is 247 g/mol. The van der Waals surface area contributed by atoms with Crippen LogP contribution in [0, 0.1) is 6.92 Å². The summed E-state index contributed by atoms with van der Waals surface area (Å²) < 4.78 is 17.4. The van der Waals surface area contributed by atoms with Crippen LogP contribution in [0.4, 0.5) is 4.39 Å². The van der Waals surface area contributed by atoms with Gasteiger partial charge in [-0.05, 0) is 44.7 Å². The second-order valence-electron chi connectivity index (χ2n) is 4.81. The summed E-state index contributed by atoms with van der Waals surface area (Å²) in [6, 6.07) is 5.26. The first-order valence-corrected chi connectivity index (χ1v) is 6.46. The molecule has 0 heterocycles. The van der Waals surface area contributed by atoms with E-state index in [2.05, 4.69) is 0 Å². The summed E-state index contributed by atoms with van der Waals surface area (Å²) in [6.07, 6.45) is -0.218. The van der Waals surface area contributed by atoms with Crippen LogP contribution in [0.2, 0.25) is 0 Å². The van der Waals surface area contributed by atoms with Crippen molar-refractivity contribution < 1.29 is 19.0 Å². The van der Waals surface area contributed by atoms with E-state index in [-0.39, 0.29) is 0 Å². The Morgan fingerprint density at radius 3 is 2.68 bits per heavy atom. The number of ether oxygens (including phenoxy) is 1. The van der Waals surface area contributed by atoms with E-state index in [0.29, 0.717) is 30.4 Å². The Labute approximate surface area is 113 Å². The molecule has 0 amide bonds. The zero-order valence-corrected chi connectivity index (χ0v) is 11.6. The van der Waals surface area contributed by atoms with Crippen LogP contribution in [-0.2, 0) is 4.74 Å². The lowest BCUT2D eigenvalue weighted by Gasteiger charge is -2.15. The van der Waals surface area contributed by atoms with Gasteiger partial charge in [0.1, 0.15) is 0 Å². The Morgan fingerprint density at radius 2 is 2.11 bits per heavy atom. The molecule has 0 aliphatic heterocycles. The van der Waals surface area contributed by atoms with Gasteiger partial charge in [-0.15, -0.1) is 0 Å². The molecule has 0 spiro atoms. The van der Waals surface area contributed by atoms with E-state index in [1.165, 1.54) is 14.0 Å². The molecule has 106 valence electrons. The summed E-state index contributed by atoms with van der Waals surface area (Å²) >= 11 is 0. The van der Waals surface area contributed by atoms with E-state index < -0.39 is 18.2 Å². The number of hydrogen-bond donors (Lipinski definition) is 1. The number of aliphatic hydroxyl groups is 1. The average molecular weight is 268 g/mol. The van der Waals surface area contributed by atoms with E-state index in [0.717, 1.165) is 5.56 Å². The highest BCUT2D eigenvalue weighted by molar-refractivity contribution is 5.91. The van der Waals surface area contributed by atoms with Crippen LogP contribution >= 0.6 is 0 Å². The minimum absolute atomic E-state index is 0.378. The predicted molar refractivity (Wildman–Crippen MR) is 71.9 cm³/mol. The zero-order chi connectivity index (χ0) is 14.4. The lowest BCUT2D eigenvalue weighted by Crippen LogP contribution is -2.10. The number of methoxy groups -OCH3 is 1. The van der Waals surface area contributed by atoms with E-state index in [1.54, 1.807) is 12.1 Å². The molecular formula is C15H21FO3. The Morgan fingerprint density at radius 1 is 1.42 bits per heavy atom. The fourth-order valence-corrected chi connectivity index (χ4v) is 2.00. The average Bonchev–Trinajstić information content (AvgIpc) is 2.37. The third-order valence-corrected chi connectivity index (χ3v) is 3.05. The van der Waals surface area contributed by atoms with Crippen LogP contribution in [0.1, 0.15) is 53.8 Å². The summed E-state index contributed by atoms with van der Waals surface area (Å²) in [5.41, 5.74) is 1.85. The molecule has 1 rings (SSSR count). The Balaban J connectivity index is 2.83. The quantitative estimate of drug-likeness (QED) is 0.805. The predicted octanol–water partition coefficient (Wildman–Crippen LogP) is 3.34. The molecule has 0 aromatic heterocycles. The molecule has 0 radical (unpaired) electrons. The highest BCUT2D eigenvalue weighted by atomic mass is 19.1. The Hall–Kier alpha value is -1.42. The molecule has 1 aromatic carbocycles. The van der Waals surface area contributed by atoms with Crippen molar-refractivity contribution in [3.63, 3.8) is 0 Å². The molecule has 2 unspecified atom stereocenters. The summed E-state index contributed by atoms with van der Waals surface area (Å²) in [6.45, 7) is 3.37. The first-order chi connectivity index (χ1) is 8.95. The van der Waals surface area contributed by atoms with Crippen LogP contribution in [0.15, 0.2) is 18.2 Å². The van der Waals surface area contributed by atoms with Gasteiger partial charge in [0, 0.05) is 0 Å². The van der Waals surface area contributed by atoms with Crippen molar-refractivity contribution in [3.05, 3.63) is 34.9 Å². The van der Waals surface area contributed by atoms with Crippen LogP contribution in [0.25, 0.3) is 0 Å². The monoisotopic (exact) mass is 268 g/mol. The largest absolute Gasteiger partial charge is 0.465 e. The Bertz CT molecular complexity index is 429. The molecule has 3 nitrogen and oxygen atoms in total. The maximum absolute atomic E-state index is 12.7. The van der Waals surface area contributed by atoms with E-state index in [1.807, 2.05) is 13.0 Å². The molecule has 0 bridgehead atoms. The molecule has 0 fully saturated rings. The van der Waals surface area contributed by atoms with Gasteiger partial charge in [0.15, 0.2) is 0 Å². The highest BCUT2D eigenvalue weighted by Crippen LogP contribution is 2.25. The lowest BCUT2D eigenvalue weighted by atomic mass is 9.96. The van der Waals surface area contributed by atoms with Gasteiger partial charge >= 0.3 is 5.97 Å². The maximum atomic E-state index is 12.7. The van der Waals surface area contributed by atoms with E-state index in [9.17, 15) is 14.3 Å². The number of esters is 1. The molecule has 0 aliphatic rings. The van der Waals surface area contributed by atoms with Crippen molar-refractivity contribution in [2.24, 2.45) is 0 Å². The number of hydrogen-bond acceptors (Lipinski definition) is 3. The van der Waals surface area contributed by atoms with Gasteiger partial charge in [-0.25, -0.2) is 9.18 Å². The summed E-state index contributed by atoms with van der Waals surface area (Å²) in [7, 11) is 1.31. The SMILES string of the molecule is COC(=O)c1cc(C)ccc1C(O)CCCC(C)F. The van der Waals surface area contributed by atoms with Gasteiger partial charge in [-0.1, -0.05) is 17.7 Å². The molecule has 1 N–H and O–H groups in total. The van der Waals surface area contributed by atoms with E-state index >= 15 is 0 Å². The van der Waals surface area contributed by atoms with Crippen molar-refractivity contribution in [2.75, 3.05) is 7.11 Å². The molecule has 0 aliphatic carbocycles. The van der Waals surface area contributed by atoms with Gasteiger partial charge in [0.2, 0.25) is 0 Å². The molecule has 0 saturated carbocycles. The van der Waals surface area contributed by atoms with E-state index in [4.69, 9.17) is 4.74 Å². The third-order valence-electron chi connectivity index (χ3n) is 3.05. The zero-order valence-electron chi connectivity index (χ0n) is 11.6. The van der Waals surface area contributed by atoms with Crippen molar-refractivity contribution in [2.45, 2.75) is 45.4 Å². The number of rotatable bonds is 6. The van der Waals surface area contributed by atoms with Crippen molar-refractivity contribution in [1.82, 2.24) is 0 Å². The van der Waals surface area contributed by atoms with Crippen LogP contribution < -0.4 is 0 Å². The molecule has 19 heavy (non-hydrogen) atoms. The van der Waals surface area contributed by atoms with Gasteiger partial charge in [0.05, 0.1) is 24.9 Å². The topological polar surface area (TPSA) is 46.5 Å². The molecule has 1 aromatic rings. The normalized spacial score (nSPS) is 13.9. The molecule has 0 saturated heterocycles. The summed E-state index contributed by atoms with van der Waals surface area (Å²) in [5, 5.41) is 10.1. The van der Waals surface area contributed by atoms with Crippen LogP contribution in [-0.4, -0.2) is 24.4 Å². The van der Waals surface area contributed by atoms with Gasteiger partial charge in [-0.2, -0.15) is 0 Å².